The summed E-state index contributed by atoms with van der Waals surface area (Å²) in [6.07, 6.45) is 0. The highest BCUT2D eigenvalue weighted by Gasteiger charge is 2.52. The van der Waals surface area contributed by atoms with E-state index in [0.29, 0.717) is 10.1 Å². The lowest BCUT2D eigenvalue weighted by Crippen LogP contribution is -2.43. The van der Waals surface area contributed by atoms with E-state index < -0.39 is 5.41 Å². The van der Waals surface area contributed by atoms with Gasteiger partial charge in [0, 0.05) is 26.3 Å². The number of nitrogens with one attached hydrogen (secondary N) is 2. The van der Waals surface area contributed by atoms with Crippen molar-refractivity contribution in [1.29, 1.82) is 10.8 Å². The van der Waals surface area contributed by atoms with Crippen LogP contribution in [-0.4, -0.2) is 10.1 Å². The lowest BCUT2D eigenvalue weighted by molar-refractivity contribution is 0.549. The van der Waals surface area contributed by atoms with Crippen LogP contribution in [0, 0.1) is 10.8 Å². The van der Waals surface area contributed by atoms with Crippen molar-refractivity contribution in [3.8, 4) is 11.1 Å². The fourth-order valence-corrected chi connectivity index (χ4v) is 9.31. The van der Waals surface area contributed by atoms with E-state index in [1.807, 2.05) is 54.2 Å². The fraction of sp³-hybridized carbons (Fsp3) is 0.0952. The highest BCUT2D eigenvalue weighted by molar-refractivity contribution is 8.27. The maximum atomic E-state index is 8.70. The van der Waals surface area contributed by atoms with Crippen LogP contribution in [0.2, 0.25) is 0 Å². The van der Waals surface area contributed by atoms with Crippen molar-refractivity contribution < 1.29 is 0 Å². The summed E-state index contributed by atoms with van der Waals surface area (Å²) in [5.41, 5.74) is 11.4. The number of rotatable bonds is 3. The molecule has 0 bridgehead atoms. The van der Waals surface area contributed by atoms with Crippen molar-refractivity contribution in [3.05, 3.63) is 190 Å². The molecule has 0 unspecified atom stereocenters. The summed E-state index contributed by atoms with van der Waals surface area (Å²) in [4.78, 5) is 2.58. The van der Waals surface area contributed by atoms with Crippen molar-refractivity contribution in [1.82, 2.24) is 0 Å². The minimum Gasteiger partial charge on any atom is -0.293 e. The van der Waals surface area contributed by atoms with Gasteiger partial charge in [0.15, 0.2) is 0 Å². The Morgan fingerprint density at radius 2 is 0.957 bits per heavy atom. The molecule has 0 atom stereocenters. The molecule has 0 aromatic heterocycles. The molecule has 222 valence electrons. The van der Waals surface area contributed by atoms with Crippen LogP contribution in [0.4, 0.5) is 0 Å². The zero-order valence-corrected chi connectivity index (χ0v) is 27.3. The molecule has 2 N–H and O–H groups in total. The highest BCUT2D eigenvalue weighted by Crippen LogP contribution is 2.61. The maximum Gasteiger partial charge on any atom is 0.100 e. The van der Waals surface area contributed by atoms with E-state index >= 15 is 0 Å². The Hall–Kier alpha value is -4.64. The summed E-state index contributed by atoms with van der Waals surface area (Å²) in [5.74, 6) is 0. The van der Waals surface area contributed by atoms with Crippen LogP contribution in [0.15, 0.2) is 155 Å². The first kappa shape index (κ1) is 28.8. The summed E-state index contributed by atoms with van der Waals surface area (Å²) >= 11 is 3.05. The smallest absolute Gasteiger partial charge is 0.100 e. The van der Waals surface area contributed by atoms with E-state index in [1.54, 1.807) is 0 Å². The summed E-state index contributed by atoms with van der Waals surface area (Å²) in [7, 11) is 0. The molecule has 1 aliphatic heterocycles. The average molecular weight is 629 g/mol. The van der Waals surface area contributed by atoms with Gasteiger partial charge in [-0.2, -0.15) is 0 Å². The average Bonchev–Trinajstić information content (AvgIpc) is 3.10. The van der Waals surface area contributed by atoms with E-state index in [9.17, 15) is 0 Å². The summed E-state index contributed by atoms with van der Waals surface area (Å²) < 4.78 is 0. The second kappa shape index (κ2) is 11.0. The van der Waals surface area contributed by atoms with Gasteiger partial charge in [0.1, 0.15) is 10.1 Å². The van der Waals surface area contributed by atoms with Gasteiger partial charge in [0.2, 0.25) is 0 Å². The fourth-order valence-electron chi connectivity index (χ4n) is 7.42. The van der Waals surface area contributed by atoms with Gasteiger partial charge < -0.3 is 0 Å². The van der Waals surface area contributed by atoms with E-state index in [1.165, 1.54) is 54.9 Å². The first-order valence-electron chi connectivity index (χ1n) is 15.5. The van der Waals surface area contributed by atoms with Crippen LogP contribution >= 0.6 is 23.5 Å². The van der Waals surface area contributed by atoms with Crippen LogP contribution < -0.4 is 0 Å². The molecule has 2 nitrogen and oxygen atoms in total. The van der Waals surface area contributed by atoms with Crippen LogP contribution in [-0.2, 0) is 10.8 Å². The largest absolute Gasteiger partial charge is 0.293 e. The van der Waals surface area contributed by atoms with Crippen LogP contribution in [0.3, 0.4) is 0 Å². The van der Waals surface area contributed by atoms with Gasteiger partial charge >= 0.3 is 0 Å². The third-order valence-electron chi connectivity index (χ3n) is 9.62. The molecule has 4 heteroatoms. The molecule has 1 heterocycles. The van der Waals surface area contributed by atoms with Crippen LogP contribution in [0.1, 0.15) is 58.4 Å². The molecule has 2 aliphatic rings. The minimum absolute atomic E-state index is 0.134. The molecule has 6 aromatic rings. The monoisotopic (exact) mass is 628 g/mol. The maximum absolute atomic E-state index is 8.70. The Labute approximate surface area is 279 Å². The molecule has 0 saturated heterocycles. The van der Waals surface area contributed by atoms with Gasteiger partial charge in [-0.3, -0.25) is 10.8 Å². The normalized spacial score (nSPS) is 14.8. The zero-order valence-electron chi connectivity index (χ0n) is 25.7. The van der Waals surface area contributed by atoms with Gasteiger partial charge in [-0.25, -0.2) is 0 Å². The molecule has 46 heavy (non-hydrogen) atoms. The second-order valence-electron chi connectivity index (χ2n) is 12.5. The first-order valence-corrected chi connectivity index (χ1v) is 17.2. The SMILES string of the molecule is CC1(C)c2ccccc2C2(c3ccccc3Sc3ccc(-c4ccc(C(=N)SC(=N)c5ccccc5)cc4)cc32)c2ccccc21. The van der Waals surface area contributed by atoms with Crippen LogP contribution in [0.25, 0.3) is 11.1 Å². The third-order valence-corrected chi connectivity index (χ3v) is 11.7. The number of hydrogen-bond donors (Lipinski definition) is 2. The highest BCUT2D eigenvalue weighted by atomic mass is 32.2. The quantitative estimate of drug-likeness (QED) is 0.151. The molecule has 0 radical (unpaired) electrons. The number of thioether (sulfide) groups is 1. The Morgan fingerprint density at radius 1 is 0.478 bits per heavy atom. The van der Waals surface area contributed by atoms with Gasteiger partial charge in [-0.15, -0.1) is 0 Å². The number of hydrogen-bond acceptors (Lipinski definition) is 4. The lowest BCUT2D eigenvalue weighted by atomic mass is 9.54. The van der Waals surface area contributed by atoms with Crippen LogP contribution in [0.5, 0.6) is 0 Å². The van der Waals surface area contributed by atoms with Crippen molar-refractivity contribution in [3.63, 3.8) is 0 Å². The van der Waals surface area contributed by atoms with Gasteiger partial charge in [0.05, 0.1) is 5.41 Å². The Kier molecular flexibility index (Phi) is 6.89. The second-order valence-corrected chi connectivity index (χ2v) is 14.6. The van der Waals surface area contributed by atoms with E-state index in [0.717, 1.165) is 22.3 Å². The standard InChI is InChI=1S/C42H32N2S2/c1-41(2)31-14-6-8-16-33(31)42(34-17-9-7-15-32(34)41)35-18-10-11-19-37(35)45-38-25-24-30(26-36(38)42)27-20-22-29(23-21-27)40(44)46-39(43)28-12-4-3-5-13-28/h3-26,43-44H,1-2H3. The molecule has 0 fully saturated rings. The Bertz CT molecular complexity index is 2110. The van der Waals surface area contributed by atoms with E-state index in [2.05, 4.69) is 117 Å². The molecular weight excluding hydrogens is 597 g/mol. The van der Waals surface area contributed by atoms with E-state index in [-0.39, 0.29) is 5.41 Å². The topological polar surface area (TPSA) is 47.7 Å². The third kappa shape index (κ3) is 4.35. The Morgan fingerprint density at radius 3 is 1.59 bits per heavy atom. The predicted molar refractivity (Wildman–Crippen MR) is 194 cm³/mol. The summed E-state index contributed by atoms with van der Waals surface area (Å²) in [5, 5.41) is 17.9. The van der Waals surface area contributed by atoms with Crippen molar-refractivity contribution >= 4 is 33.6 Å². The minimum atomic E-state index is -0.452. The van der Waals surface area contributed by atoms with Crippen molar-refractivity contribution in [2.45, 2.75) is 34.5 Å². The van der Waals surface area contributed by atoms with E-state index in [4.69, 9.17) is 10.8 Å². The molecular formula is C42H32N2S2. The summed E-state index contributed by atoms with van der Waals surface area (Å²) in [6.45, 7) is 4.72. The summed E-state index contributed by atoms with van der Waals surface area (Å²) in [6, 6.07) is 51.8. The molecule has 1 aliphatic carbocycles. The van der Waals surface area contributed by atoms with Crippen molar-refractivity contribution in [2.24, 2.45) is 0 Å². The Balaban J connectivity index is 1.26. The molecule has 0 saturated carbocycles. The number of benzene rings is 6. The molecule has 0 amide bonds. The predicted octanol–water partition coefficient (Wildman–Crippen LogP) is 10.9. The number of fused-ring (bicyclic) bond motifs is 8. The van der Waals surface area contributed by atoms with Gasteiger partial charge in [-0.1, -0.05) is 165 Å². The molecule has 8 rings (SSSR count). The lowest BCUT2D eigenvalue weighted by Gasteiger charge is -2.50. The molecule has 6 aromatic carbocycles. The molecule has 1 spiro atoms. The van der Waals surface area contributed by atoms with Crippen molar-refractivity contribution in [2.75, 3.05) is 0 Å². The first-order chi connectivity index (χ1) is 22.4. The van der Waals surface area contributed by atoms with Gasteiger partial charge in [0.25, 0.3) is 0 Å². The van der Waals surface area contributed by atoms with Gasteiger partial charge in [-0.05, 0) is 62.7 Å². The zero-order chi connectivity index (χ0) is 31.5.